The fraction of sp³-hybridized carbons (Fsp3) is 0.417. The smallest absolute Gasteiger partial charge is 0.225 e. The Hall–Kier alpha value is -1.55. The molecule has 0 heterocycles. The van der Waals surface area contributed by atoms with Crippen molar-refractivity contribution in [2.24, 2.45) is 5.73 Å². The van der Waals surface area contributed by atoms with E-state index in [0.29, 0.717) is 12.1 Å². The van der Waals surface area contributed by atoms with Gasteiger partial charge in [0.05, 0.1) is 0 Å². The van der Waals surface area contributed by atoms with Gasteiger partial charge in [0, 0.05) is 18.2 Å². The van der Waals surface area contributed by atoms with Crippen LogP contribution in [0, 0.1) is 6.92 Å². The van der Waals surface area contributed by atoms with Crippen LogP contribution in [0.3, 0.4) is 0 Å². The standard InChI is InChI=1S/C12H18N2O2/c1-3-9(13)7-12(16)14-10-4-5-11(15)8(2)6-10/h4-6,9,15H,3,7,13H2,1-2H3,(H,14,16). The lowest BCUT2D eigenvalue weighted by atomic mass is 10.1. The van der Waals surface area contributed by atoms with E-state index in [2.05, 4.69) is 5.32 Å². The number of phenols is 1. The maximum absolute atomic E-state index is 11.5. The molecule has 0 bridgehead atoms. The maximum atomic E-state index is 11.5. The monoisotopic (exact) mass is 222 g/mol. The maximum Gasteiger partial charge on any atom is 0.225 e. The Morgan fingerprint density at radius 1 is 1.56 bits per heavy atom. The van der Waals surface area contributed by atoms with Crippen LogP contribution in [0.4, 0.5) is 5.69 Å². The number of phenolic OH excluding ortho intramolecular Hbond substituents is 1. The number of nitrogens with one attached hydrogen (secondary N) is 1. The zero-order valence-electron chi connectivity index (χ0n) is 9.66. The molecule has 16 heavy (non-hydrogen) atoms. The van der Waals surface area contributed by atoms with Crippen LogP contribution in [0.25, 0.3) is 0 Å². The minimum Gasteiger partial charge on any atom is -0.508 e. The first-order valence-electron chi connectivity index (χ1n) is 5.38. The van der Waals surface area contributed by atoms with Gasteiger partial charge in [0.25, 0.3) is 0 Å². The summed E-state index contributed by atoms with van der Waals surface area (Å²) in [4.78, 5) is 11.5. The van der Waals surface area contributed by atoms with Gasteiger partial charge in [-0.1, -0.05) is 6.92 Å². The number of hydrogen-bond acceptors (Lipinski definition) is 3. The average Bonchev–Trinajstić information content (AvgIpc) is 2.23. The molecule has 4 heteroatoms. The lowest BCUT2D eigenvalue weighted by Crippen LogP contribution is -2.26. The highest BCUT2D eigenvalue weighted by molar-refractivity contribution is 5.91. The molecule has 1 aromatic carbocycles. The van der Waals surface area contributed by atoms with E-state index >= 15 is 0 Å². The molecule has 0 aliphatic rings. The Morgan fingerprint density at radius 2 is 2.25 bits per heavy atom. The Bertz CT molecular complexity index is 377. The predicted molar refractivity (Wildman–Crippen MR) is 64.4 cm³/mol. The largest absolute Gasteiger partial charge is 0.508 e. The molecule has 1 atom stereocenters. The number of nitrogens with two attached hydrogens (primary N) is 1. The second-order valence-corrected chi connectivity index (χ2v) is 3.92. The molecule has 1 rings (SSSR count). The lowest BCUT2D eigenvalue weighted by Gasteiger charge is -2.10. The highest BCUT2D eigenvalue weighted by Gasteiger charge is 2.08. The van der Waals surface area contributed by atoms with Gasteiger partial charge in [0.15, 0.2) is 0 Å². The number of aryl methyl sites for hydroxylation is 1. The summed E-state index contributed by atoms with van der Waals surface area (Å²) in [6.07, 6.45) is 1.10. The fourth-order valence-corrected chi connectivity index (χ4v) is 1.33. The minimum atomic E-state index is -0.0989. The summed E-state index contributed by atoms with van der Waals surface area (Å²) in [5, 5.41) is 12.1. The predicted octanol–water partition coefficient (Wildman–Crippen LogP) is 1.77. The number of anilines is 1. The van der Waals surface area contributed by atoms with Crippen LogP contribution in [-0.4, -0.2) is 17.1 Å². The van der Waals surface area contributed by atoms with Crippen LogP contribution < -0.4 is 11.1 Å². The summed E-state index contributed by atoms with van der Waals surface area (Å²) in [6.45, 7) is 3.73. The van der Waals surface area contributed by atoms with Crippen LogP contribution in [0.5, 0.6) is 5.75 Å². The van der Waals surface area contributed by atoms with Crippen molar-refractivity contribution in [3.63, 3.8) is 0 Å². The van der Waals surface area contributed by atoms with E-state index in [1.807, 2.05) is 6.92 Å². The highest BCUT2D eigenvalue weighted by atomic mass is 16.3. The van der Waals surface area contributed by atoms with Crippen molar-refractivity contribution < 1.29 is 9.90 Å². The van der Waals surface area contributed by atoms with Gasteiger partial charge in [0.2, 0.25) is 5.91 Å². The second kappa shape index (κ2) is 5.51. The summed E-state index contributed by atoms with van der Waals surface area (Å²) in [6, 6.07) is 4.85. The van der Waals surface area contributed by atoms with Crippen molar-refractivity contribution in [3.8, 4) is 5.75 Å². The summed E-state index contributed by atoms with van der Waals surface area (Å²) in [5.41, 5.74) is 7.10. The molecule has 4 nitrogen and oxygen atoms in total. The van der Waals surface area contributed by atoms with E-state index in [1.165, 1.54) is 0 Å². The molecule has 1 amide bonds. The summed E-state index contributed by atoms with van der Waals surface area (Å²) >= 11 is 0. The van der Waals surface area contributed by atoms with Crippen LogP contribution in [-0.2, 0) is 4.79 Å². The van der Waals surface area contributed by atoms with E-state index < -0.39 is 0 Å². The highest BCUT2D eigenvalue weighted by Crippen LogP contribution is 2.20. The van der Waals surface area contributed by atoms with Crippen molar-refractivity contribution in [2.75, 3.05) is 5.32 Å². The Kier molecular flexibility index (Phi) is 4.31. The molecule has 0 fully saturated rings. The summed E-state index contributed by atoms with van der Waals surface area (Å²) < 4.78 is 0. The van der Waals surface area contributed by atoms with E-state index in [-0.39, 0.29) is 17.7 Å². The van der Waals surface area contributed by atoms with Crippen LogP contribution in [0.15, 0.2) is 18.2 Å². The molecule has 0 saturated heterocycles. The third-order valence-electron chi connectivity index (χ3n) is 2.45. The van der Waals surface area contributed by atoms with Gasteiger partial charge in [-0.3, -0.25) is 4.79 Å². The van der Waals surface area contributed by atoms with Gasteiger partial charge in [-0.15, -0.1) is 0 Å². The molecular formula is C12H18N2O2. The first-order chi connectivity index (χ1) is 7.52. The molecule has 0 saturated carbocycles. The quantitative estimate of drug-likeness (QED) is 0.679. The Balaban J connectivity index is 2.59. The molecule has 0 aliphatic heterocycles. The number of aromatic hydroxyl groups is 1. The second-order valence-electron chi connectivity index (χ2n) is 3.92. The number of amides is 1. The minimum absolute atomic E-state index is 0.0977. The van der Waals surface area contributed by atoms with Gasteiger partial charge in [0.1, 0.15) is 5.75 Å². The molecule has 1 unspecified atom stereocenters. The molecule has 1 aromatic rings. The normalized spacial score (nSPS) is 12.2. The van der Waals surface area contributed by atoms with Gasteiger partial charge in [-0.05, 0) is 37.1 Å². The average molecular weight is 222 g/mol. The van der Waals surface area contributed by atoms with Crippen LogP contribution in [0.1, 0.15) is 25.3 Å². The van der Waals surface area contributed by atoms with E-state index in [4.69, 9.17) is 5.73 Å². The van der Waals surface area contributed by atoms with E-state index in [1.54, 1.807) is 25.1 Å². The summed E-state index contributed by atoms with van der Waals surface area (Å²) in [7, 11) is 0. The first kappa shape index (κ1) is 12.5. The number of carbonyl (C=O) groups excluding carboxylic acids is 1. The zero-order valence-corrected chi connectivity index (χ0v) is 9.66. The number of rotatable bonds is 4. The molecule has 0 spiro atoms. The van der Waals surface area contributed by atoms with Gasteiger partial charge in [-0.2, -0.15) is 0 Å². The number of carbonyl (C=O) groups is 1. The third-order valence-corrected chi connectivity index (χ3v) is 2.45. The van der Waals surface area contributed by atoms with Gasteiger partial charge < -0.3 is 16.2 Å². The van der Waals surface area contributed by atoms with Crippen molar-refractivity contribution in [2.45, 2.75) is 32.7 Å². The molecule has 0 radical (unpaired) electrons. The molecular weight excluding hydrogens is 204 g/mol. The summed E-state index contributed by atoms with van der Waals surface area (Å²) in [5.74, 6) is 0.127. The lowest BCUT2D eigenvalue weighted by molar-refractivity contribution is -0.116. The molecule has 0 aliphatic carbocycles. The van der Waals surface area contributed by atoms with E-state index in [0.717, 1.165) is 12.0 Å². The zero-order chi connectivity index (χ0) is 12.1. The van der Waals surface area contributed by atoms with E-state index in [9.17, 15) is 9.90 Å². The van der Waals surface area contributed by atoms with Gasteiger partial charge in [-0.25, -0.2) is 0 Å². The van der Waals surface area contributed by atoms with Crippen molar-refractivity contribution >= 4 is 11.6 Å². The molecule has 0 aromatic heterocycles. The van der Waals surface area contributed by atoms with Crippen molar-refractivity contribution in [3.05, 3.63) is 23.8 Å². The topological polar surface area (TPSA) is 75.4 Å². The number of benzene rings is 1. The van der Waals surface area contributed by atoms with Crippen LogP contribution in [0.2, 0.25) is 0 Å². The SMILES string of the molecule is CCC(N)CC(=O)Nc1ccc(O)c(C)c1. The Morgan fingerprint density at radius 3 is 2.81 bits per heavy atom. The number of hydrogen-bond donors (Lipinski definition) is 3. The van der Waals surface area contributed by atoms with Crippen molar-refractivity contribution in [1.82, 2.24) is 0 Å². The molecule has 4 N–H and O–H groups in total. The fourth-order valence-electron chi connectivity index (χ4n) is 1.33. The Labute approximate surface area is 95.5 Å². The van der Waals surface area contributed by atoms with Crippen molar-refractivity contribution in [1.29, 1.82) is 0 Å². The van der Waals surface area contributed by atoms with Crippen LogP contribution >= 0.6 is 0 Å². The third kappa shape index (κ3) is 3.55. The van der Waals surface area contributed by atoms with Gasteiger partial charge >= 0.3 is 0 Å². The first-order valence-corrected chi connectivity index (χ1v) is 5.38. The molecule has 88 valence electrons.